The number of carboxylic acid groups (broad SMARTS) is 1. The number of carbonyl (C=O) groups is 1. The Kier molecular flexibility index (Phi) is 15.0. The van der Waals surface area contributed by atoms with Crippen molar-refractivity contribution in [3.63, 3.8) is 0 Å². The molecule has 0 spiro atoms. The van der Waals surface area contributed by atoms with Gasteiger partial charge in [0.1, 0.15) is 0 Å². The number of hydrogen-bond acceptors (Lipinski definition) is 5. The third kappa shape index (κ3) is 13.5. The van der Waals surface area contributed by atoms with E-state index in [4.69, 9.17) is 10.2 Å². The second-order valence-corrected chi connectivity index (χ2v) is 9.54. The van der Waals surface area contributed by atoms with E-state index >= 15 is 0 Å². The number of aliphatic hydroxyl groups is 2. The Bertz CT molecular complexity index is 449. The first-order valence-corrected chi connectivity index (χ1v) is 11.8. The molecule has 0 amide bonds. The van der Waals surface area contributed by atoms with E-state index in [0.29, 0.717) is 32.1 Å². The van der Waals surface area contributed by atoms with Crippen LogP contribution in [0.25, 0.3) is 0 Å². The zero-order valence-corrected chi connectivity index (χ0v) is 17.1. The van der Waals surface area contributed by atoms with Crippen molar-refractivity contribution in [3.05, 3.63) is 0 Å². The van der Waals surface area contributed by atoms with Gasteiger partial charge < -0.3 is 15.3 Å². The molecule has 0 aromatic heterocycles. The molecule has 0 aromatic rings. The zero-order valence-electron chi connectivity index (χ0n) is 16.2. The van der Waals surface area contributed by atoms with E-state index in [0.717, 1.165) is 44.9 Å². The minimum absolute atomic E-state index is 0.155. The van der Waals surface area contributed by atoms with Crippen LogP contribution in [0.4, 0.5) is 0 Å². The van der Waals surface area contributed by atoms with Crippen molar-refractivity contribution in [2.24, 2.45) is 0 Å². The number of aliphatic carboxylic acids is 1. The molecule has 7 heteroatoms. The lowest BCUT2D eigenvalue weighted by Gasteiger charge is -2.18. The smallest absolute Gasteiger partial charge is 0.303 e. The molecule has 26 heavy (non-hydrogen) atoms. The highest BCUT2D eigenvalue weighted by molar-refractivity contribution is 7.92. The molecule has 2 atom stereocenters. The van der Waals surface area contributed by atoms with Crippen molar-refractivity contribution in [2.75, 3.05) is 12.4 Å². The van der Waals surface area contributed by atoms with Crippen LogP contribution in [0.5, 0.6) is 0 Å². The summed E-state index contributed by atoms with van der Waals surface area (Å²) in [6.45, 7) is 1.75. The van der Waals surface area contributed by atoms with Crippen molar-refractivity contribution >= 4 is 15.8 Å². The molecule has 3 N–H and O–H groups in total. The fourth-order valence-electron chi connectivity index (χ4n) is 3.15. The molecule has 0 aliphatic carbocycles. The second-order valence-electron chi connectivity index (χ2n) is 7.14. The van der Waals surface area contributed by atoms with Gasteiger partial charge in [-0.2, -0.15) is 0 Å². The van der Waals surface area contributed by atoms with Crippen molar-refractivity contribution < 1.29 is 28.5 Å². The van der Waals surface area contributed by atoms with Gasteiger partial charge >= 0.3 is 5.97 Å². The first kappa shape index (κ1) is 25.3. The van der Waals surface area contributed by atoms with Crippen LogP contribution in [0.15, 0.2) is 0 Å². The molecule has 0 aromatic carbocycles. The van der Waals surface area contributed by atoms with Crippen LogP contribution in [0.3, 0.4) is 0 Å². The maximum Gasteiger partial charge on any atom is 0.303 e. The summed E-state index contributed by atoms with van der Waals surface area (Å²) in [5.41, 5.74) is 0. The Morgan fingerprint density at radius 1 is 0.885 bits per heavy atom. The van der Waals surface area contributed by atoms with Gasteiger partial charge in [0.05, 0.1) is 23.7 Å². The number of sulfone groups is 1. The number of hydrogen-bond donors (Lipinski definition) is 3. The first-order chi connectivity index (χ1) is 12.3. The van der Waals surface area contributed by atoms with E-state index < -0.39 is 21.1 Å². The van der Waals surface area contributed by atoms with Gasteiger partial charge in [0.25, 0.3) is 0 Å². The third-order valence-electron chi connectivity index (χ3n) is 4.75. The van der Waals surface area contributed by atoms with Gasteiger partial charge in [0.2, 0.25) is 0 Å². The molecule has 0 heterocycles. The minimum Gasteiger partial charge on any atom is -0.481 e. The lowest BCUT2D eigenvalue weighted by molar-refractivity contribution is -0.137. The summed E-state index contributed by atoms with van der Waals surface area (Å²) in [6, 6.07) is 0. The van der Waals surface area contributed by atoms with Crippen LogP contribution >= 0.6 is 0 Å². The summed E-state index contributed by atoms with van der Waals surface area (Å²) in [5.74, 6) is -1.01. The number of rotatable bonds is 18. The molecule has 0 aliphatic heterocycles. The molecule has 0 saturated heterocycles. The lowest BCUT2D eigenvalue weighted by Crippen LogP contribution is -2.26. The summed E-state index contributed by atoms with van der Waals surface area (Å²) in [7, 11) is -3.32. The van der Waals surface area contributed by atoms with E-state index in [1.54, 1.807) is 0 Å². The maximum atomic E-state index is 12.3. The van der Waals surface area contributed by atoms with Crippen molar-refractivity contribution in [2.45, 2.75) is 102 Å². The van der Waals surface area contributed by atoms with E-state index in [2.05, 4.69) is 6.92 Å². The minimum atomic E-state index is -3.32. The highest BCUT2D eigenvalue weighted by Gasteiger charge is 2.24. The summed E-state index contributed by atoms with van der Waals surface area (Å²) in [4.78, 5) is 10.5. The van der Waals surface area contributed by atoms with Gasteiger partial charge in [0, 0.05) is 6.42 Å². The summed E-state index contributed by atoms with van der Waals surface area (Å²) < 4.78 is 24.7. The van der Waals surface area contributed by atoms with E-state index in [1.807, 2.05) is 0 Å². The SMILES string of the molecule is CCCCC[C@@H](O)CCC[C@@H](CCCCCCC(=O)O)S(=O)(=O)CCO. The standard InChI is InChI=1S/C19H38O6S/c1-2-3-6-10-17(21)11-9-13-18(26(24,25)16-15-20)12-7-4-5-8-14-19(22)23/h17-18,20-21H,2-16H2,1H3,(H,22,23)/t17-,18-/m1/s1. The average molecular weight is 395 g/mol. The lowest BCUT2D eigenvalue weighted by atomic mass is 10.0. The highest BCUT2D eigenvalue weighted by Crippen LogP contribution is 2.20. The molecule has 0 saturated carbocycles. The molecular formula is C19H38O6S. The van der Waals surface area contributed by atoms with Crippen LogP contribution < -0.4 is 0 Å². The van der Waals surface area contributed by atoms with Gasteiger partial charge in [-0.15, -0.1) is 0 Å². The quantitative estimate of drug-likeness (QED) is 0.308. The van der Waals surface area contributed by atoms with Crippen LogP contribution in [-0.4, -0.2) is 53.4 Å². The zero-order chi connectivity index (χ0) is 19.8. The fraction of sp³-hybridized carbons (Fsp3) is 0.947. The molecule has 0 radical (unpaired) electrons. The Hall–Kier alpha value is -0.660. The topological polar surface area (TPSA) is 112 Å². The maximum absolute atomic E-state index is 12.3. The van der Waals surface area contributed by atoms with Gasteiger partial charge in [-0.3, -0.25) is 4.79 Å². The third-order valence-corrected chi connectivity index (χ3v) is 6.99. The fourth-order valence-corrected chi connectivity index (χ4v) is 4.79. The number of unbranched alkanes of at least 4 members (excludes halogenated alkanes) is 5. The Morgan fingerprint density at radius 2 is 1.46 bits per heavy atom. The molecule has 0 rings (SSSR count). The van der Waals surface area contributed by atoms with E-state index in [9.17, 15) is 18.3 Å². The Labute approximate surface area is 158 Å². The predicted molar refractivity (Wildman–Crippen MR) is 104 cm³/mol. The Balaban J connectivity index is 4.25. The average Bonchev–Trinajstić information content (AvgIpc) is 2.56. The molecule has 0 aliphatic rings. The van der Waals surface area contributed by atoms with Crippen molar-refractivity contribution in [1.82, 2.24) is 0 Å². The molecule has 0 unspecified atom stereocenters. The second kappa shape index (κ2) is 15.4. The number of carboxylic acids is 1. The van der Waals surface area contributed by atoms with Crippen LogP contribution in [0, 0.1) is 0 Å². The molecule has 156 valence electrons. The van der Waals surface area contributed by atoms with Crippen LogP contribution in [-0.2, 0) is 14.6 Å². The largest absolute Gasteiger partial charge is 0.481 e. The van der Waals surface area contributed by atoms with Gasteiger partial charge in [-0.05, 0) is 38.5 Å². The van der Waals surface area contributed by atoms with E-state index in [1.165, 1.54) is 0 Å². The van der Waals surface area contributed by atoms with E-state index in [-0.39, 0.29) is 24.9 Å². The van der Waals surface area contributed by atoms with Crippen molar-refractivity contribution in [3.8, 4) is 0 Å². The van der Waals surface area contributed by atoms with Gasteiger partial charge in [-0.1, -0.05) is 45.4 Å². The predicted octanol–water partition coefficient (Wildman–Crippen LogP) is 3.30. The van der Waals surface area contributed by atoms with Crippen LogP contribution in [0.1, 0.15) is 90.4 Å². The summed E-state index contributed by atoms with van der Waals surface area (Å²) in [5, 5.41) is 27.1. The monoisotopic (exact) mass is 394 g/mol. The number of aliphatic hydroxyl groups excluding tert-OH is 2. The summed E-state index contributed by atoms with van der Waals surface area (Å²) >= 11 is 0. The van der Waals surface area contributed by atoms with Gasteiger partial charge in [-0.25, -0.2) is 8.42 Å². The normalized spacial score (nSPS) is 14.3. The molecular weight excluding hydrogens is 356 g/mol. The van der Waals surface area contributed by atoms with Crippen LogP contribution in [0.2, 0.25) is 0 Å². The van der Waals surface area contributed by atoms with Gasteiger partial charge in [0.15, 0.2) is 9.84 Å². The summed E-state index contributed by atoms with van der Waals surface area (Å²) in [6.07, 6.45) is 9.09. The first-order valence-electron chi connectivity index (χ1n) is 10.1. The van der Waals surface area contributed by atoms with Crippen molar-refractivity contribution in [1.29, 1.82) is 0 Å². The molecule has 0 fully saturated rings. The Morgan fingerprint density at radius 3 is 2.08 bits per heavy atom. The molecule has 0 bridgehead atoms. The molecule has 6 nitrogen and oxygen atoms in total. The highest BCUT2D eigenvalue weighted by atomic mass is 32.2.